The third-order valence-electron chi connectivity index (χ3n) is 5.39. The molecule has 1 aromatic rings. The molecule has 5 heteroatoms. The minimum absolute atomic E-state index is 0.307. The van der Waals surface area contributed by atoms with Crippen LogP contribution in [0.25, 0.3) is 0 Å². The first-order valence-electron chi connectivity index (χ1n) is 9.17. The molecule has 0 amide bonds. The molecule has 1 aromatic carbocycles. The average molecular weight is 352 g/mol. The first-order valence-corrected chi connectivity index (χ1v) is 10.6. The molecular weight excluding hydrogens is 324 g/mol. The summed E-state index contributed by atoms with van der Waals surface area (Å²) in [6.07, 6.45) is 7.50. The summed E-state index contributed by atoms with van der Waals surface area (Å²) in [7, 11) is -3.76. The van der Waals surface area contributed by atoms with Gasteiger partial charge in [-0.1, -0.05) is 37.0 Å². The van der Waals surface area contributed by atoms with Crippen LogP contribution in [0.15, 0.2) is 23.1 Å². The summed E-state index contributed by atoms with van der Waals surface area (Å²) in [4.78, 5) is 0.353. The van der Waals surface area contributed by atoms with Crippen molar-refractivity contribution in [2.45, 2.75) is 87.7 Å². The third-order valence-corrected chi connectivity index (χ3v) is 6.82. The van der Waals surface area contributed by atoms with Gasteiger partial charge in [0.05, 0.1) is 17.1 Å². The van der Waals surface area contributed by atoms with E-state index < -0.39 is 10.1 Å². The molecule has 0 saturated heterocycles. The van der Waals surface area contributed by atoms with Crippen LogP contribution in [0.5, 0.6) is 0 Å². The van der Waals surface area contributed by atoms with E-state index in [0.717, 1.165) is 24.0 Å². The second-order valence-electron chi connectivity index (χ2n) is 7.36. The molecule has 134 valence electrons. The Hall–Kier alpha value is -0.910. The standard InChI is InChI=1S/C19H28O4S/c1-14-7-12-19(18(13-14)15-5-3-2-4-6-15)24(21,22)23-17-10-8-16(20)9-11-17/h7,12-13,15-17,20H,2-6,8-11H2,1H3. The van der Waals surface area contributed by atoms with Crippen LogP contribution in [-0.4, -0.2) is 25.7 Å². The van der Waals surface area contributed by atoms with Crippen LogP contribution < -0.4 is 0 Å². The predicted octanol–water partition coefficient (Wildman–Crippen LogP) is 4.05. The lowest BCUT2D eigenvalue weighted by Gasteiger charge is -2.27. The van der Waals surface area contributed by atoms with E-state index in [0.29, 0.717) is 36.5 Å². The van der Waals surface area contributed by atoms with Crippen LogP contribution in [-0.2, 0) is 14.3 Å². The molecule has 4 nitrogen and oxygen atoms in total. The number of aliphatic hydroxyl groups is 1. The van der Waals surface area contributed by atoms with Gasteiger partial charge in [-0.3, -0.25) is 4.18 Å². The van der Waals surface area contributed by atoms with Gasteiger partial charge in [0.1, 0.15) is 0 Å². The van der Waals surface area contributed by atoms with Gasteiger partial charge in [0.2, 0.25) is 0 Å². The van der Waals surface area contributed by atoms with Crippen LogP contribution in [0.4, 0.5) is 0 Å². The molecule has 2 aliphatic carbocycles. The van der Waals surface area contributed by atoms with Crippen molar-refractivity contribution in [3.05, 3.63) is 29.3 Å². The van der Waals surface area contributed by atoms with Crippen molar-refractivity contribution < 1.29 is 17.7 Å². The van der Waals surface area contributed by atoms with Crippen LogP contribution in [0.3, 0.4) is 0 Å². The Morgan fingerprint density at radius 3 is 2.33 bits per heavy atom. The molecule has 2 fully saturated rings. The normalized spacial score (nSPS) is 26.4. The summed E-state index contributed by atoms with van der Waals surface area (Å²) in [5.74, 6) is 0.320. The Labute approximate surface area is 145 Å². The second kappa shape index (κ2) is 7.54. The van der Waals surface area contributed by atoms with Crippen LogP contribution in [0, 0.1) is 6.92 Å². The highest BCUT2D eigenvalue weighted by molar-refractivity contribution is 7.86. The van der Waals surface area contributed by atoms with Crippen molar-refractivity contribution in [1.29, 1.82) is 0 Å². The Kier molecular flexibility index (Phi) is 5.63. The fourth-order valence-corrected chi connectivity index (χ4v) is 5.40. The van der Waals surface area contributed by atoms with Gasteiger partial charge in [-0.2, -0.15) is 8.42 Å². The number of hydrogen-bond donors (Lipinski definition) is 1. The van der Waals surface area contributed by atoms with E-state index in [4.69, 9.17) is 4.18 Å². The Balaban J connectivity index is 1.84. The number of benzene rings is 1. The number of aryl methyl sites for hydroxylation is 1. The first kappa shape index (κ1) is 17.9. The second-order valence-corrected chi connectivity index (χ2v) is 8.90. The first-order chi connectivity index (χ1) is 11.5. The van der Waals surface area contributed by atoms with E-state index in [1.165, 1.54) is 19.3 Å². The topological polar surface area (TPSA) is 63.6 Å². The van der Waals surface area contributed by atoms with Gasteiger partial charge in [0.15, 0.2) is 0 Å². The lowest BCUT2D eigenvalue weighted by atomic mass is 9.83. The molecule has 0 atom stereocenters. The summed E-state index contributed by atoms with van der Waals surface area (Å²) in [5.41, 5.74) is 2.03. The highest BCUT2D eigenvalue weighted by atomic mass is 32.2. The zero-order valence-electron chi connectivity index (χ0n) is 14.4. The average Bonchev–Trinajstić information content (AvgIpc) is 2.57. The fraction of sp³-hybridized carbons (Fsp3) is 0.684. The number of hydrogen-bond acceptors (Lipinski definition) is 4. The van der Waals surface area contributed by atoms with E-state index in [9.17, 15) is 13.5 Å². The summed E-state index contributed by atoms with van der Waals surface area (Å²) in [6.45, 7) is 2.01. The van der Waals surface area contributed by atoms with Crippen molar-refractivity contribution in [2.75, 3.05) is 0 Å². The molecule has 0 spiro atoms. The molecule has 2 aliphatic rings. The maximum atomic E-state index is 12.9. The summed E-state index contributed by atoms with van der Waals surface area (Å²) in [5, 5.41) is 9.58. The molecular formula is C19H28O4S. The lowest BCUT2D eigenvalue weighted by molar-refractivity contribution is 0.0695. The van der Waals surface area contributed by atoms with Gasteiger partial charge < -0.3 is 5.11 Å². The molecule has 24 heavy (non-hydrogen) atoms. The van der Waals surface area contributed by atoms with Gasteiger partial charge in [-0.05, 0) is 63.0 Å². The van der Waals surface area contributed by atoms with Crippen molar-refractivity contribution in [3.63, 3.8) is 0 Å². The van der Waals surface area contributed by atoms with Crippen LogP contribution in [0.2, 0.25) is 0 Å². The van der Waals surface area contributed by atoms with Crippen LogP contribution >= 0.6 is 0 Å². The molecule has 0 heterocycles. The third kappa shape index (κ3) is 4.19. The van der Waals surface area contributed by atoms with Crippen LogP contribution in [0.1, 0.15) is 74.8 Å². The molecule has 3 rings (SSSR count). The quantitative estimate of drug-likeness (QED) is 0.830. The summed E-state index contributed by atoms with van der Waals surface area (Å²) in [6, 6.07) is 5.59. The van der Waals surface area contributed by atoms with Gasteiger partial charge in [-0.25, -0.2) is 0 Å². The maximum Gasteiger partial charge on any atom is 0.297 e. The van der Waals surface area contributed by atoms with E-state index >= 15 is 0 Å². The smallest absolute Gasteiger partial charge is 0.297 e. The Bertz CT molecular complexity index is 654. The van der Waals surface area contributed by atoms with Crippen molar-refractivity contribution in [3.8, 4) is 0 Å². The van der Waals surface area contributed by atoms with Gasteiger partial charge >= 0.3 is 0 Å². The molecule has 0 bridgehead atoms. The van der Waals surface area contributed by atoms with E-state index in [2.05, 4.69) is 0 Å². The molecule has 0 radical (unpaired) electrons. The minimum atomic E-state index is -3.76. The van der Waals surface area contributed by atoms with Gasteiger partial charge in [-0.15, -0.1) is 0 Å². The Morgan fingerprint density at radius 1 is 1.00 bits per heavy atom. The molecule has 2 saturated carbocycles. The molecule has 1 N–H and O–H groups in total. The maximum absolute atomic E-state index is 12.9. The molecule has 0 aliphatic heterocycles. The van der Waals surface area contributed by atoms with Gasteiger partial charge in [0.25, 0.3) is 10.1 Å². The predicted molar refractivity (Wildman–Crippen MR) is 93.5 cm³/mol. The van der Waals surface area contributed by atoms with Crippen molar-refractivity contribution >= 4 is 10.1 Å². The molecule has 0 unspecified atom stereocenters. The largest absolute Gasteiger partial charge is 0.393 e. The minimum Gasteiger partial charge on any atom is -0.393 e. The highest BCUT2D eigenvalue weighted by Gasteiger charge is 2.30. The Morgan fingerprint density at radius 2 is 1.67 bits per heavy atom. The monoisotopic (exact) mass is 352 g/mol. The van der Waals surface area contributed by atoms with Crippen molar-refractivity contribution in [2.24, 2.45) is 0 Å². The SMILES string of the molecule is Cc1ccc(S(=O)(=O)OC2CCC(O)CC2)c(C2CCCCC2)c1. The summed E-state index contributed by atoms with van der Waals surface area (Å²) < 4.78 is 31.3. The van der Waals surface area contributed by atoms with E-state index in [1.807, 2.05) is 19.1 Å². The number of aliphatic hydroxyl groups excluding tert-OH is 1. The molecule has 0 aromatic heterocycles. The van der Waals surface area contributed by atoms with Gasteiger partial charge in [0, 0.05) is 0 Å². The van der Waals surface area contributed by atoms with Crippen molar-refractivity contribution in [1.82, 2.24) is 0 Å². The number of rotatable bonds is 4. The van der Waals surface area contributed by atoms with E-state index in [1.54, 1.807) is 6.07 Å². The highest BCUT2D eigenvalue weighted by Crippen LogP contribution is 2.37. The zero-order chi connectivity index (χ0) is 17.2. The zero-order valence-corrected chi connectivity index (χ0v) is 15.2. The fourth-order valence-electron chi connectivity index (χ4n) is 4.00. The van der Waals surface area contributed by atoms with E-state index in [-0.39, 0.29) is 12.2 Å². The summed E-state index contributed by atoms with van der Waals surface area (Å²) >= 11 is 0. The lowest BCUT2D eigenvalue weighted by Crippen LogP contribution is -2.27.